The molecule has 1 heterocycles. The fourth-order valence-electron chi connectivity index (χ4n) is 2.14. The number of ether oxygens (including phenoxy) is 2. The number of hydrogen-bond donors (Lipinski definition) is 1. The average molecular weight is 333 g/mol. The van der Waals surface area contributed by atoms with Gasteiger partial charge < -0.3 is 14.8 Å². The lowest BCUT2D eigenvalue weighted by molar-refractivity contribution is 0.0984. The van der Waals surface area contributed by atoms with Crippen molar-refractivity contribution >= 4 is 17.1 Å². The number of ketones is 1. The van der Waals surface area contributed by atoms with E-state index in [1.807, 2.05) is 48.7 Å². The molecule has 0 unspecified atom stereocenters. The van der Waals surface area contributed by atoms with Gasteiger partial charge in [-0.15, -0.1) is 11.3 Å². The van der Waals surface area contributed by atoms with Crippen LogP contribution in [0.25, 0.3) is 0 Å². The van der Waals surface area contributed by atoms with Crippen LogP contribution in [0.3, 0.4) is 0 Å². The smallest absolute Gasteiger partial charge is 0.172 e. The standard InChI is InChI=1S/C18H23NO3S/c1-2-21-16-8-3-4-9-17(16)22-13-12-19-11-5-7-15(20)18-10-6-14-23-18/h3-4,6,8-10,14,19H,2,5,7,11-13H2,1H3. The summed E-state index contributed by atoms with van der Waals surface area (Å²) in [4.78, 5) is 12.7. The third-order valence-electron chi connectivity index (χ3n) is 3.24. The number of hydrogen-bond acceptors (Lipinski definition) is 5. The molecular formula is C18H23NO3S. The molecule has 0 aliphatic carbocycles. The Morgan fingerprint density at radius 2 is 1.87 bits per heavy atom. The normalized spacial score (nSPS) is 10.5. The summed E-state index contributed by atoms with van der Waals surface area (Å²) in [7, 11) is 0. The zero-order valence-electron chi connectivity index (χ0n) is 13.4. The molecule has 1 aromatic heterocycles. The molecule has 0 aliphatic rings. The van der Waals surface area contributed by atoms with Gasteiger partial charge in [-0.3, -0.25) is 4.79 Å². The third-order valence-corrected chi connectivity index (χ3v) is 4.15. The van der Waals surface area contributed by atoms with Crippen molar-refractivity contribution in [2.24, 2.45) is 0 Å². The second-order valence-corrected chi connectivity index (χ2v) is 5.93. The van der Waals surface area contributed by atoms with Gasteiger partial charge in [0.1, 0.15) is 6.61 Å². The van der Waals surface area contributed by atoms with Crippen LogP contribution in [0.15, 0.2) is 41.8 Å². The summed E-state index contributed by atoms with van der Waals surface area (Å²) >= 11 is 1.50. The Hall–Kier alpha value is -1.85. The van der Waals surface area contributed by atoms with Crippen molar-refractivity contribution in [3.63, 3.8) is 0 Å². The number of nitrogens with one attached hydrogen (secondary N) is 1. The molecule has 4 nitrogen and oxygen atoms in total. The molecule has 0 fully saturated rings. The van der Waals surface area contributed by atoms with E-state index in [-0.39, 0.29) is 5.78 Å². The Bertz CT molecular complexity index is 584. The first-order chi connectivity index (χ1) is 11.3. The van der Waals surface area contributed by atoms with Crippen LogP contribution in [0.2, 0.25) is 0 Å². The maximum absolute atomic E-state index is 11.8. The Morgan fingerprint density at radius 1 is 1.09 bits per heavy atom. The van der Waals surface area contributed by atoms with Crippen LogP contribution in [0.4, 0.5) is 0 Å². The number of carbonyl (C=O) groups excluding carboxylic acids is 1. The molecule has 0 saturated carbocycles. The van der Waals surface area contributed by atoms with Crippen molar-refractivity contribution in [2.75, 3.05) is 26.3 Å². The highest BCUT2D eigenvalue weighted by Crippen LogP contribution is 2.25. The Kier molecular flexibility index (Phi) is 7.63. The van der Waals surface area contributed by atoms with Crippen LogP contribution in [0.5, 0.6) is 11.5 Å². The lowest BCUT2D eigenvalue weighted by Crippen LogP contribution is -2.22. The van der Waals surface area contributed by atoms with Crippen LogP contribution in [-0.2, 0) is 0 Å². The monoisotopic (exact) mass is 333 g/mol. The van der Waals surface area contributed by atoms with Gasteiger partial charge in [0.25, 0.3) is 0 Å². The average Bonchev–Trinajstić information content (AvgIpc) is 3.10. The molecule has 23 heavy (non-hydrogen) atoms. The SMILES string of the molecule is CCOc1ccccc1OCCNCCCC(=O)c1cccs1. The van der Waals surface area contributed by atoms with Crippen LogP contribution in [0.1, 0.15) is 29.4 Å². The second-order valence-electron chi connectivity index (χ2n) is 4.98. The maximum atomic E-state index is 11.8. The van der Waals surface area contributed by atoms with Crippen molar-refractivity contribution in [2.45, 2.75) is 19.8 Å². The summed E-state index contributed by atoms with van der Waals surface area (Å²) < 4.78 is 11.2. The predicted molar refractivity (Wildman–Crippen MR) is 93.9 cm³/mol. The molecule has 1 N–H and O–H groups in total. The lowest BCUT2D eigenvalue weighted by Gasteiger charge is -2.11. The van der Waals surface area contributed by atoms with Gasteiger partial charge in [0.05, 0.1) is 11.5 Å². The molecule has 0 atom stereocenters. The highest BCUT2D eigenvalue weighted by molar-refractivity contribution is 7.12. The van der Waals surface area contributed by atoms with E-state index < -0.39 is 0 Å². The number of rotatable bonds is 11. The fourth-order valence-corrected chi connectivity index (χ4v) is 2.83. The zero-order valence-corrected chi connectivity index (χ0v) is 14.2. The Morgan fingerprint density at radius 3 is 2.57 bits per heavy atom. The van der Waals surface area contributed by atoms with Gasteiger partial charge in [-0.05, 0) is 43.5 Å². The number of benzene rings is 1. The minimum atomic E-state index is 0.226. The molecule has 0 bridgehead atoms. The van der Waals surface area contributed by atoms with E-state index >= 15 is 0 Å². The molecule has 0 saturated heterocycles. The minimum Gasteiger partial charge on any atom is -0.490 e. The van der Waals surface area contributed by atoms with Gasteiger partial charge in [0.2, 0.25) is 0 Å². The first-order valence-corrected chi connectivity index (χ1v) is 8.81. The van der Waals surface area contributed by atoms with Gasteiger partial charge in [-0.25, -0.2) is 0 Å². The van der Waals surface area contributed by atoms with E-state index in [4.69, 9.17) is 9.47 Å². The molecule has 0 spiro atoms. The summed E-state index contributed by atoms with van der Waals surface area (Å²) in [6.07, 6.45) is 1.42. The van der Waals surface area contributed by atoms with Crippen LogP contribution in [-0.4, -0.2) is 32.1 Å². The first-order valence-electron chi connectivity index (χ1n) is 7.93. The molecule has 124 valence electrons. The predicted octanol–water partition coefficient (Wildman–Crippen LogP) is 3.78. The lowest BCUT2D eigenvalue weighted by atomic mass is 10.2. The molecule has 0 aliphatic heterocycles. The first kappa shape index (κ1) is 17.5. The largest absolute Gasteiger partial charge is 0.490 e. The number of thiophene rings is 1. The molecule has 2 rings (SSSR count). The topological polar surface area (TPSA) is 47.6 Å². The summed E-state index contributed by atoms with van der Waals surface area (Å²) in [5, 5.41) is 5.23. The van der Waals surface area contributed by atoms with Crippen LogP contribution >= 0.6 is 11.3 Å². The van der Waals surface area contributed by atoms with E-state index in [0.29, 0.717) is 19.6 Å². The fraction of sp³-hybridized carbons (Fsp3) is 0.389. The van der Waals surface area contributed by atoms with Crippen LogP contribution < -0.4 is 14.8 Å². The van der Waals surface area contributed by atoms with Crippen molar-refractivity contribution in [1.29, 1.82) is 0 Å². The number of Topliss-reactive ketones (excluding diaryl/α,β-unsaturated/α-hetero) is 1. The Labute approximate surface area is 141 Å². The van der Waals surface area contributed by atoms with Crippen LogP contribution in [0, 0.1) is 0 Å². The van der Waals surface area contributed by atoms with Gasteiger partial charge in [-0.1, -0.05) is 18.2 Å². The number of para-hydroxylation sites is 2. The summed E-state index contributed by atoms with van der Waals surface area (Å²) in [5.74, 6) is 1.77. The van der Waals surface area contributed by atoms with Crippen molar-refractivity contribution in [3.8, 4) is 11.5 Å². The molecule has 0 radical (unpaired) electrons. The highest BCUT2D eigenvalue weighted by Gasteiger charge is 2.06. The maximum Gasteiger partial charge on any atom is 0.172 e. The molecule has 2 aromatic rings. The van der Waals surface area contributed by atoms with Crippen molar-refractivity contribution < 1.29 is 14.3 Å². The molecular weight excluding hydrogens is 310 g/mol. The zero-order chi connectivity index (χ0) is 16.3. The van der Waals surface area contributed by atoms with Crippen molar-refractivity contribution in [1.82, 2.24) is 5.32 Å². The van der Waals surface area contributed by atoms with Gasteiger partial charge in [0.15, 0.2) is 17.3 Å². The summed E-state index contributed by atoms with van der Waals surface area (Å²) in [5.41, 5.74) is 0. The highest BCUT2D eigenvalue weighted by atomic mass is 32.1. The molecule has 0 amide bonds. The Balaban J connectivity index is 1.57. The quantitative estimate of drug-likeness (QED) is 0.502. The van der Waals surface area contributed by atoms with E-state index in [2.05, 4.69) is 5.32 Å². The third kappa shape index (κ3) is 6.04. The second kappa shape index (κ2) is 10.0. The van der Waals surface area contributed by atoms with Gasteiger partial charge in [0, 0.05) is 13.0 Å². The van der Waals surface area contributed by atoms with E-state index in [1.165, 1.54) is 11.3 Å². The van der Waals surface area contributed by atoms with E-state index in [9.17, 15) is 4.79 Å². The number of carbonyl (C=O) groups is 1. The van der Waals surface area contributed by atoms with E-state index in [1.54, 1.807) is 0 Å². The van der Waals surface area contributed by atoms with Gasteiger partial charge >= 0.3 is 0 Å². The van der Waals surface area contributed by atoms with Gasteiger partial charge in [-0.2, -0.15) is 0 Å². The van der Waals surface area contributed by atoms with Crippen molar-refractivity contribution in [3.05, 3.63) is 46.7 Å². The molecule has 5 heteroatoms. The summed E-state index contributed by atoms with van der Waals surface area (Å²) in [6.45, 7) is 4.71. The minimum absolute atomic E-state index is 0.226. The molecule has 1 aromatic carbocycles. The summed E-state index contributed by atoms with van der Waals surface area (Å²) in [6, 6.07) is 11.5. The van der Waals surface area contributed by atoms with E-state index in [0.717, 1.165) is 35.9 Å².